The second-order valence-electron chi connectivity index (χ2n) is 6.58. The van der Waals surface area contributed by atoms with Gasteiger partial charge in [-0.15, -0.1) is 0 Å². The number of ether oxygens (including phenoxy) is 2. The molecule has 0 radical (unpaired) electrons. The van der Waals surface area contributed by atoms with Crippen molar-refractivity contribution >= 4 is 44.8 Å². The van der Waals surface area contributed by atoms with E-state index < -0.39 is 0 Å². The van der Waals surface area contributed by atoms with Gasteiger partial charge in [-0.2, -0.15) is 0 Å². The number of nitrogens with one attached hydrogen (secondary N) is 1. The van der Waals surface area contributed by atoms with Crippen LogP contribution in [-0.2, 0) is 13.2 Å². The third-order valence-electron chi connectivity index (χ3n) is 4.29. The lowest BCUT2D eigenvalue weighted by Gasteiger charge is -2.16. The lowest BCUT2D eigenvalue weighted by Crippen LogP contribution is -2.04. The topological polar surface area (TPSA) is 30.5 Å². The molecule has 0 amide bonds. The summed E-state index contributed by atoms with van der Waals surface area (Å²) in [4.78, 5) is 0. The number of rotatable bonds is 8. The molecule has 0 unspecified atom stereocenters. The molecular weight excluding hydrogens is 473 g/mol. The summed E-state index contributed by atoms with van der Waals surface area (Å²) in [6, 6.07) is 17.5. The largest absolute Gasteiger partial charge is 0.490 e. The van der Waals surface area contributed by atoms with Gasteiger partial charge < -0.3 is 14.8 Å². The Kier molecular flexibility index (Phi) is 7.70. The maximum Gasteiger partial charge on any atom is 0.162 e. The first-order valence-corrected chi connectivity index (χ1v) is 10.8. The second-order valence-corrected chi connectivity index (χ2v) is 8.28. The number of hydrogen-bond donors (Lipinski definition) is 1. The van der Waals surface area contributed by atoms with Gasteiger partial charge in [-0.1, -0.05) is 69.0 Å². The van der Waals surface area contributed by atoms with E-state index in [0.29, 0.717) is 41.3 Å². The highest BCUT2D eigenvalue weighted by Crippen LogP contribution is 2.35. The molecule has 152 valence electrons. The summed E-state index contributed by atoms with van der Waals surface area (Å²) in [6.45, 7) is 5.61. The van der Waals surface area contributed by atoms with E-state index in [2.05, 4.69) is 46.4 Å². The normalized spacial score (nSPS) is 10.7. The zero-order valence-electron chi connectivity index (χ0n) is 16.3. The van der Waals surface area contributed by atoms with Crippen LogP contribution in [-0.4, -0.2) is 6.61 Å². The molecule has 0 fully saturated rings. The molecule has 3 rings (SSSR count). The maximum atomic E-state index is 6.24. The van der Waals surface area contributed by atoms with Crippen LogP contribution >= 0.6 is 39.1 Å². The van der Waals surface area contributed by atoms with E-state index in [9.17, 15) is 0 Å². The van der Waals surface area contributed by atoms with Gasteiger partial charge in [-0.25, -0.2) is 0 Å². The van der Waals surface area contributed by atoms with Gasteiger partial charge in [0.1, 0.15) is 6.61 Å². The summed E-state index contributed by atoms with van der Waals surface area (Å²) in [6.07, 6.45) is 0. The smallest absolute Gasteiger partial charge is 0.162 e. The van der Waals surface area contributed by atoms with Crippen molar-refractivity contribution in [3.63, 3.8) is 0 Å². The molecule has 0 heterocycles. The van der Waals surface area contributed by atoms with Gasteiger partial charge in [0, 0.05) is 16.0 Å². The van der Waals surface area contributed by atoms with Gasteiger partial charge in [-0.3, -0.25) is 0 Å². The molecule has 3 aromatic carbocycles. The second kappa shape index (κ2) is 10.2. The van der Waals surface area contributed by atoms with Crippen molar-refractivity contribution in [2.24, 2.45) is 0 Å². The first-order valence-electron chi connectivity index (χ1n) is 9.28. The number of halogens is 3. The van der Waals surface area contributed by atoms with Crippen molar-refractivity contribution in [2.75, 3.05) is 11.9 Å². The average molecular weight is 495 g/mol. The van der Waals surface area contributed by atoms with Gasteiger partial charge in [0.05, 0.1) is 17.3 Å². The quantitative estimate of drug-likeness (QED) is 0.348. The lowest BCUT2D eigenvalue weighted by atomic mass is 10.1. The Balaban J connectivity index is 1.77. The van der Waals surface area contributed by atoms with Crippen LogP contribution in [0.5, 0.6) is 11.5 Å². The minimum atomic E-state index is 0.476. The lowest BCUT2D eigenvalue weighted by molar-refractivity contribution is 0.269. The van der Waals surface area contributed by atoms with E-state index in [0.717, 1.165) is 21.3 Å². The minimum Gasteiger partial charge on any atom is -0.490 e. The van der Waals surface area contributed by atoms with Crippen molar-refractivity contribution in [3.8, 4) is 11.5 Å². The molecule has 0 spiro atoms. The SMILES string of the molecule is CCOc1cc(CNc2cc(Cl)ccc2Cl)c(Br)cc1OCc1cccc(C)c1. The first kappa shape index (κ1) is 21.8. The molecule has 0 saturated carbocycles. The first-order chi connectivity index (χ1) is 14.0. The Morgan fingerprint density at radius 1 is 0.966 bits per heavy atom. The van der Waals surface area contributed by atoms with E-state index in [1.165, 1.54) is 5.56 Å². The summed E-state index contributed by atoms with van der Waals surface area (Å²) in [5.41, 5.74) is 4.12. The Morgan fingerprint density at radius 3 is 2.52 bits per heavy atom. The highest BCUT2D eigenvalue weighted by atomic mass is 79.9. The molecule has 0 atom stereocenters. The summed E-state index contributed by atoms with van der Waals surface area (Å²) in [7, 11) is 0. The van der Waals surface area contributed by atoms with Crippen LogP contribution in [0.1, 0.15) is 23.6 Å². The zero-order chi connectivity index (χ0) is 20.8. The maximum absolute atomic E-state index is 6.24. The third-order valence-corrected chi connectivity index (χ3v) is 5.59. The molecule has 3 nitrogen and oxygen atoms in total. The van der Waals surface area contributed by atoms with E-state index in [4.69, 9.17) is 32.7 Å². The van der Waals surface area contributed by atoms with E-state index in [-0.39, 0.29) is 0 Å². The van der Waals surface area contributed by atoms with Gasteiger partial charge >= 0.3 is 0 Å². The third kappa shape index (κ3) is 6.05. The Morgan fingerprint density at radius 2 is 1.76 bits per heavy atom. The van der Waals surface area contributed by atoms with Crippen LogP contribution in [0, 0.1) is 6.92 Å². The van der Waals surface area contributed by atoms with Crippen LogP contribution in [0.3, 0.4) is 0 Å². The van der Waals surface area contributed by atoms with Gasteiger partial charge in [0.25, 0.3) is 0 Å². The fourth-order valence-corrected chi connectivity index (χ4v) is 3.70. The van der Waals surface area contributed by atoms with E-state index in [1.807, 2.05) is 25.1 Å². The van der Waals surface area contributed by atoms with Crippen molar-refractivity contribution in [1.29, 1.82) is 0 Å². The molecule has 0 aliphatic heterocycles. The molecule has 0 aromatic heterocycles. The van der Waals surface area contributed by atoms with Crippen molar-refractivity contribution < 1.29 is 9.47 Å². The van der Waals surface area contributed by atoms with Gasteiger partial charge in [0.15, 0.2) is 11.5 Å². The van der Waals surface area contributed by atoms with Crippen molar-refractivity contribution in [2.45, 2.75) is 27.0 Å². The molecule has 1 N–H and O–H groups in total. The van der Waals surface area contributed by atoms with Crippen LogP contribution < -0.4 is 14.8 Å². The Hall–Kier alpha value is -1.88. The van der Waals surface area contributed by atoms with Crippen LogP contribution in [0.4, 0.5) is 5.69 Å². The van der Waals surface area contributed by atoms with Crippen LogP contribution in [0.2, 0.25) is 10.0 Å². The molecular formula is C23H22BrCl2NO2. The number of hydrogen-bond acceptors (Lipinski definition) is 3. The molecule has 29 heavy (non-hydrogen) atoms. The fraction of sp³-hybridized carbons (Fsp3) is 0.217. The predicted molar refractivity (Wildman–Crippen MR) is 125 cm³/mol. The molecule has 0 saturated heterocycles. The van der Waals surface area contributed by atoms with Gasteiger partial charge in [0.2, 0.25) is 0 Å². The number of benzene rings is 3. The van der Waals surface area contributed by atoms with Crippen LogP contribution in [0.15, 0.2) is 59.1 Å². The Bertz CT molecular complexity index is 995. The summed E-state index contributed by atoms with van der Waals surface area (Å²) in [5.74, 6) is 1.40. The minimum absolute atomic E-state index is 0.476. The molecule has 6 heteroatoms. The number of anilines is 1. The molecule has 3 aromatic rings. The van der Waals surface area contributed by atoms with E-state index in [1.54, 1.807) is 18.2 Å². The zero-order valence-corrected chi connectivity index (χ0v) is 19.4. The summed E-state index contributed by atoms with van der Waals surface area (Å²) in [5, 5.41) is 4.57. The average Bonchev–Trinajstić information content (AvgIpc) is 2.69. The highest BCUT2D eigenvalue weighted by Gasteiger charge is 2.12. The standard InChI is InChI=1S/C23H22BrCl2NO2/c1-3-28-22-10-17(13-27-21-11-18(25)7-8-20(21)26)19(24)12-23(22)29-14-16-6-4-5-15(2)9-16/h4-12,27H,3,13-14H2,1-2H3. The summed E-state index contributed by atoms with van der Waals surface area (Å²) < 4.78 is 12.8. The van der Waals surface area contributed by atoms with E-state index >= 15 is 0 Å². The van der Waals surface area contributed by atoms with Gasteiger partial charge in [-0.05, 0) is 55.3 Å². The highest BCUT2D eigenvalue weighted by molar-refractivity contribution is 9.10. The molecule has 0 bridgehead atoms. The molecule has 0 aliphatic rings. The number of aryl methyl sites for hydroxylation is 1. The Labute approximate surface area is 190 Å². The predicted octanol–water partition coefficient (Wildman–Crippen LogP) is 7.65. The fourth-order valence-electron chi connectivity index (χ4n) is 2.88. The summed E-state index contributed by atoms with van der Waals surface area (Å²) >= 11 is 16.0. The monoisotopic (exact) mass is 493 g/mol. The van der Waals surface area contributed by atoms with Crippen molar-refractivity contribution in [3.05, 3.63) is 85.8 Å². The van der Waals surface area contributed by atoms with Crippen LogP contribution in [0.25, 0.3) is 0 Å². The van der Waals surface area contributed by atoms with Crippen molar-refractivity contribution in [1.82, 2.24) is 0 Å². The molecule has 0 aliphatic carbocycles.